The smallest absolute Gasteiger partial charge is 0.0384 e. The van der Waals surface area contributed by atoms with Gasteiger partial charge in [0, 0.05) is 22.7 Å². The van der Waals surface area contributed by atoms with Gasteiger partial charge < -0.3 is 5.32 Å². The average Bonchev–Trinajstić information content (AvgIpc) is 2.97. The van der Waals surface area contributed by atoms with Crippen molar-refractivity contribution < 1.29 is 0 Å². The Bertz CT molecular complexity index is 1010. The van der Waals surface area contributed by atoms with Crippen LogP contribution in [0.4, 0.5) is 11.4 Å². The lowest BCUT2D eigenvalue weighted by atomic mass is 9.77. The third-order valence-electron chi connectivity index (χ3n) is 6.43. The third-order valence-corrected chi connectivity index (χ3v) is 6.43. The lowest BCUT2D eigenvalue weighted by molar-refractivity contribution is 0.569. The zero-order chi connectivity index (χ0) is 19.1. The summed E-state index contributed by atoms with van der Waals surface area (Å²) >= 11 is 0. The first-order valence-corrected chi connectivity index (χ1v) is 10.4. The minimum atomic E-state index is 0.131. The van der Waals surface area contributed by atoms with E-state index in [1.54, 1.807) is 5.57 Å². The fourth-order valence-electron chi connectivity index (χ4n) is 4.92. The SMILES string of the molecule is CC1(C)C2=CCCC=C2C2=CC[C@@H](c3ccc(Nc4ccccc4)cc3)C=C21. The Hall–Kier alpha value is -2.80. The van der Waals surface area contributed by atoms with Crippen LogP contribution in [0.25, 0.3) is 0 Å². The molecule has 0 heterocycles. The van der Waals surface area contributed by atoms with Gasteiger partial charge >= 0.3 is 0 Å². The normalized spacial score (nSPS) is 22.3. The van der Waals surface area contributed by atoms with Crippen LogP contribution in [0.3, 0.4) is 0 Å². The Morgan fingerprint density at radius 3 is 2.21 bits per heavy atom. The molecule has 0 spiro atoms. The molecule has 1 nitrogen and oxygen atoms in total. The molecule has 0 unspecified atom stereocenters. The maximum atomic E-state index is 3.48. The second-order valence-corrected chi connectivity index (χ2v) is 8.59. The number of hydrogen-bond acceptors (Lipinski definition) is 1. The lowest BCUT2D eigenvalue weighted by Crippen LogP contribution is -2.14. The number of fused-ring (bicyclic) bond motifs is 3. The van der Waals surface area contributed by atoms with Crippen LogP contribution in [0.2, 0.25) is 0 Å². The number of benzene rings is 2. The van der Waals surface area contributed by atoms with E-state index < -0.39 is 0 Å². The van der Waals surface area contributed by atoms with Gasteiger partial charge in [-0.1, -0.05) is 68.5 Å². The number of hydrogen-bond donors (Lipinski definition) is 1. The molecular weight excluding hydrogens is 338 g/mol. The van der Waals surface area contributed by atoms with Gasteiger partial charge in [0.1, 0.15) is 0 Å². The molecule has 1 N–H and O–H groups in total. The van der Waals surface area contributed by atoms with E-state index in [-0.39, 0.29) is 5.41 Å². The number of para-hydroxylation sites is 1. The zero-order valence-electron chi connectivity index (χ0n) is 16.7. The summed E-state index contributed by atoms with van der Waals surface area (Å²) in [5, 5.41) is 3.48. The molecule has 3 aliphatic rings. The first-order valence-electron chi connectivity index (χ1n) is 10.4. The van der Waals surface area contributed by atoms with Crippen molar-refractivity contribution in [3.63, 3.8) is 0 Å². The van der Waals surface area contributed by atoms with Crippen molar-refractivity contribution in [3.8, 4) is 0 Å². The van der Waals surface area contributed by atoms with Gasteiger partial charge in [-0.2, -0.15) is 0 Å². The molecule has 0 amide bonds. The van der Waals surface area contributed by atoms with Gasteiger partial charge in [0.15, 0.2) is 0 Å². The molecule has 2 aromatic carbocycles. The minimum Gasteiger partial charge on any atom is -0.356 e. The van der Waals surface area contributed by atoms with E-state index in [0.29, 0.717) is 5.92 Å². The molecule has 0 radical (unpaired) electrons. The van der Waals surface area contributed by atoms with Crippen LogP contribution in [-0.4, -0.2) is 0 Å². The Kier molecular flexibility index (Phi) is 4.12. The lowest BCUT2D eigenvalue weighted by Gasteiger charge is -2.26. The topological polar surface area (TPSA) is 12.0 Å². The number of nitrogens with one attached hydrogen (secondary N) is 1. The minimum absolute atomic E-state index is 0.131. The summed E-state index contributed by atoms with van der Waals surface area (Å²) in [5.41, 5.74) is 9.85. The highest BCUT2D eigenvalue weighted by Crippen LogP contribution is 2.56. The summed E-state index contributed by atoms with van der Waals surface area (Å²) in [6.45, 7) is 4.78. The molecule has 140 valence electrons. The Labute approximate surface area is 168 Å². The maximum Gasteiger partial charge on any atom is 0.0384 e. The van der Waals surface area contributed by atoms with Gasteiger partial charge in [-0.15, -0.1) is 0 Å². The fraction of sp³-hybridized carbons (Fsp3) is 0.259. The van der Waals surface area contributed by atoms with Crippen molar-refractivity contribution in [3.05, 3.63) is 107 Å². The highest BCUT2D eigenvalue weighted by Gasteiger charge is 2.42. The summed E-state index contributed by atoms with van der Waals surface area (Å²) in [6.07, 6.45) is 13.4. The van der Waals surface area contributed by atoms with Crippen LogP contribution >= 0.6 is 0 Å². The molecule has 5 rings (SSSR count). The van der Waals surface area contributed by atoms with Gasteiger partial charge in [0.2, 0.25) is 0 Å². The van der Waals surface area contributed by atoms with Gasteiger partial charge in [-0.05, 0) is 71.4 Å². The molecular formula is C27H27N. The van der Waals surface area contributed by atoms with E-state index >= 15 is 0 Å². The molecule has 3 aliphatic carbocycles. The van der Waals surface area contributed by atoms with Gasteiger partial charge in [0.05, 0.1) is 0 Å². The van der Waals surface area contributed by atoms with Gasteiger partial charge in [-0.3, -0.25) is 0 Å². The standard InChI is InChI=1S/C27H27N/c1-27(2)25-11-7-6-10-23(25)24-17-14-20(18-26(24)27)19-12-15-22(16-13-19)28-21-8-4-3-5-9-21/h3-5,8-13,15-18,20,28H,6-7,14H2,1-2H3/t20-/m1/s1. The molecule has 2 aromatic rings. The zero-order valence-corrected chi connectivity index (χ0v) is 16.7. The summed E-state index contributed by atoms with van der Waals surface area (Å²) in [5.74, 6) is 0.463. The largest absolute Gasteiger partial charge is 0.356 e. The summed E-state index contributed by atoms with van der Waals surface area (Å²) in [7, 11) is 0. The van der Waals surface area contributed by atoms with E-state index in [9.17, 15) is 0 Å². The summed E-state index contributed by atoms with van der Waals surface area (Å²) < 4.78 is 0. The molecule has 0 bridgehead atoms. The van der Waals surface area contributed by atoms with Crippen LogP contribution in [0.1, 0.15) is 44.6 Å². The second-order valence-electron chi connectivity index (χ2n) is 8.59. The molecule has 28 heavy (non-hydrogen) atoms. The van der Waals surface area contributed by atoms with E-state index in [1.165, 1.54) is 35.1 Å². The predicted molar refractivity (Wildman–Crippen MR) is 119 cm³/mol. The van der Waals surface area contributed by atoms with Crippen LogP contribution in [0, 0.1) is 5.41 Å². The van der Waals surface area contributed by atoms with Gasteiger partial charge in [0.25, 0.3) is 0 Å². The molecule has 0 aliphatic heterocycles. The fourth-order valence-corrected chi connectivity index (χ4v) is 4.92. The van der Waals surface area contributed by atoms with E-state index in [0.717, 1.165) is 17.8 Å². The summed E-state index contributed by atoms with van der Waals surface area (Å²) in [6, 6.07) is 19.3. The molecule has 1 fully saturated rings. The van der Waals surface area contributed by atoms with E-state index in [2.05, 4.69) is 92.0 Å². The quantitative estimate of drug-likeness (QED) is 0.595. The summed E-state index contributed by atoms with van der Waals surface area (Å²) in [4.78, 5) is 0. The Balaban J connectivity index is 1.41. The number of allylic oxidation sites excluding steroid dienone is 8. The predicted octanol–water partition coefficient (Wildman–Crippen LogP) is 7.46. The number of anilines is 2. The van der Waals surface area contributed by atoms with Crippen molar-refractivity contribution in [1.82, 2.24) is 0 Å². The van der Waals surface area contributed by atoms with Gasteiger partial charge in [-0.25, -0.2) is 0 Å². The van der Waals surface area contributed by atoms with Crippen molar-refractivity contribution in [2.75, 3.05) is 5.32 Å². The average molecular weight is 366 g/mol. The van der Waals surface area contributed by atoms with E-state index in [4.69, 9.17) is 0 Å². The maximum absolute atomic E-state index is 3.48. The second kappa shape index (κ2) is 6.67. The van der Waals surface area contributed by atoms with E-state index in [1.807, 2.05) is 6.07 Å². The molecule has 0 aromatic heterocycles. The number of rotatable bonds is 3. The third kappa shape index (κ3) is 2.86. The van der Waals surface area contributed by atoms with Crippen LogP contribution in [-0.2, 0) is 0 Å². The molecule has 1 saturated carbocycles. The van der Waals surface area contributed by atoms with Crippen LogP contribution in [0.15, 0.2) is 101 Å². The molecule has 1 atom stereocenters. The Morgan fingerprint density at radius 2 is 1.43 bits per heavy atom. The van der Waals surface area contributed by atoms with Crippen molar-refractivity contribution in [1.29, 1.82) is 0 Å². The first kappa shape index (κ1) is 17.3. The van der Waals surface area contributed by atoms with Crippen molar-refractivity contribution in [2.45, 2.75) is 39.0 Å². The molecule has 1 heteroatoms. The molecule has 0 saturated heterocycles. The highest BCUT2D eigenvalue weighted by atomic mass is 14.9. The van der Waals surface area contributed by atoms with Crippen LogP contribution in [0.5, 0.6) is 0 Å². The monoisotopic (exact) mass is 365 g/mol. The highest BCUT2D eigenvalue weighted by molar-refractivity contribution is 5.71. The van der Waals surface area contributed by atoms with Crippen LogP contribution < -0.4 is 5.32 Å². The Morgan fingerprint density at radius 1 is 0.750 bits per heavy atom. The van der Waals surface area contributed by atoms with Crippen molar-refractivity contribution >= 4 is 11.4 Å². The van der Waals surface area contributed by atoms with Crippen molar-refractivity contribution in [2.24, 2.45) is 5.41 Å². The first-order chi connectivity index (χ1) is 13.6.